The van der Waals surface area contributed by atoms with E-state index < -0.39 is 0 Å². The summed E-state index contributed by atoms with van der Waals surface area (Å²) in [4.78, 5) is 12.5. The molecule has 1 aliphatic heterocycles. The number of benzene rings is 2. The fourth-order valence-corrected chi connectivity index (χ4v) is 3.30. The third-order valence-electron chi connectivity index (χ3n) is 4.59. The molecule has 0 saturated heterocycles. The summed E-state index contributed by atoms with van der Waals surface area (Å²) in [5.74, 6) is 1.09. The Balaban J connectivity index is 1.72. The first kappa shape index (κ1) is 18.2. The second-order valence-corrected chi connectivity index (χ2v) is 7.18. The molecular weight excluding hydrogens is 333 g/mol. The van der Waals surface area contributed by atoms with Crippen LogP contribution in [0.1, 0.15) is 43.9 Å². The van der Waals surface area contributed by atoms with Gasteiger partial charge in [0.25, 0.3) is 0 Å². The quantitative estimate of drug-likeness (QED) is 0.873. The summed E-state index contributed by atoms with van der Waals surface area (Å²) in [5.41, 5.74) is 1.07. The third-order valence-corrected chi connectivity index (χ3v) is 4.59. The molecule has 138 valence electrons. The second-order valence-electron chi connectivity index (χ2n) is 7.18. The average Bonchev–Trinajstić information content (AvgIpc) is 2.60. The smallest absolute Gasteiger partial charge is 0.220 e. The van der Waals surface area contributed by atoms with E-state index in [-0.39, 0.29) is 29.8 Å². The van der Waals surface area contributed by atoms with Gasteiger partial charge in [0.05, 0.1) is 13.2 Å². The molecule has 1 atom stereocenters. The number of hydrogen-bond donors (Lipinski definition) is 1. The fourth-order valence-electron chi connectivity index (χ4n) is 3.30. The van der Waals surface area contributed by atoms with Gasteiger partial charge in [0.2, 0.25) is 5.91 Å². The predicted octanol–water partition coefficient (Wildman–Crippen LogP) is 4.19. The number of carbonyl (C=O) groups excluding carboxylic acids is 1. The molecular formula is C21H24FNO3. The molecule has 1 amide bonds. The Labute approximate surface area is 153 Å². The maximum absolute atomic E-state index is 13.7. The molecule has 1 aliphatic rings. The lowest BCUT2D eigenvalue weighted by atomic mass is 9.89. The number of rotatable bonds is 5. The number of aryl methyl sites for hydroxylation is 1. The highest BCUT2D eigenvalue weighted by molar-refractivity contribution is 5.77. The minimum atomic E-state index is -0.384. The first-order chi connectivity index (χ1) is 12.4. The van der Waals surface area contributed by atoms with E-state index in [9.17, 15) is 9.18 Å². The van der Waals surface area contributed by atoms with Crippen LogP contribution in [-0.2, 0) is 11.2 Å². The number of amides is 1. The zero-order valence-electron chi connectivity index (χ0n) is 15.3. The zero-order valence-corrected chi connectivity index (χ0v) is 15.3. The Morgan fingerprint density at radius 2 is 2.08 bits per heavy atom. The van der Waals surface area contributed by atoms with Crippen molar-refractivity contribution < 1.29 is 18.7 Å². The number of nitrogens with one attached hydrogen (secondary N) is 1. The van der Waals surface area contributed by atoms with Crippen molar-refractivity contribution in [1.82, 2.24) is 5.32 Å². The summed E-state index contributed by atoms with van der Waals surface area (Å²) in [6, 6.07) is 12.0. The molecule has 0 saturated carbocycles. The molecule has 1 N–H and O–H groups in total. The van der Waals surface area contributed by atoms with Crippen LogP contribution in [0.5, 0.6) is 11.5 Å². The topological polar surface area (TPSA) is 47.6 Å². The van der Waals surface area contributed by atoms with Gasteiger partial charge < -0.3 is 14.8 Å². The van der Waals surface area contributed by atoms with Crippen LogP contribution in [0, 0.1) is 5.82 Å². The first-order valence-corrected chi connectivity index (χ1v) is 8.78. The van der Waals surface area contributed by atoms with E-state index >= 15 is 0 Å². The lowest BCUT2D eigenvalue weighted by Crippen LogP contribution is -2.41. The monoisotopic (exact) mass is 357 g/mol. The summed E-state index contributed by atoms with van der Waals surface area (Å²) in [6.45, 7) is 4.00. The van der Waals surface area contributed by atoms with Crippen molar-refractivity contribution in [2.24, 2.45) is 0 Å². The second kappa shape index (κ2) is 7.36. The van der Waals surface area contributed by atoms with E-state index in [4.69, 9.17) is 9.47 Å². The van der Waals surface area contributed by atoms with Crippen molar-refractivity contribution in [3.63, 3.8) is 0 Å². The Morgan fingerprint density at radius 1 is 1.31 bits per heavy atom. The molecule has 2 aromatic rings. The Kier molecular flexibility index (Phi) is 5.16. The summed E-state index contributed by atoms with van der Waals surface area (Å²) in [6.07, 6.45) is 1.26. The summed E-state index contributed by atoms with van der Waals surface area (Å²) >= 11 is 0. The van der Waals surface area contributed by atoms with Gasteiger partial charge in [-0.2, -0.15) is 0 Å². The van der Waals surface area contributed by atoms with E-state index in [0.29, 0.717) is 18.4 Å². The minimum absolute atomic E-state index is 0.107. The third kappa shape index (κ3) is 4.15. The zero-order chi connectivity index (χ0) is 18.7. The molecule has 3 rings (SSSR count). The van der Waals surface area contributed by atoms with Crippen LogP contribution >= 0.6 is 0 Å². The summed E-state index contributed by atoms with van der Waals surface area (Å²) in [5, 5.41) is 3.07. The highest BCUT2D eigenvalue weighted by Gasteiger charge is 2.34. The van der Waals surface area contributed by atoms with Gasteiger partial charge in [0, 0.05) is 18.4 Å². The van der Waals surface area contributed by atoms with Crippen molar-refractivity contribution >= 4 is 5.91 Å². The number of carbonyl (C=O) groups is 1. The van der Waals surface area contributed by atoms with Crippen LogP contribution in [0.3, 0.4) is 0 Å². The first-order valence-electron chi connectivity index (χ1n) is 8.78. The Bertz CT molecular complexity index is 804. The van der Waals surface area contributed by atoms with E-state index in [1.807, 2.05) is 32.0 Å². The van der Waals surface area contributed by atoms with E-state index in [1.54, 1.807) is 25.3 Å². The van der Waals surface area contributed by atoms with Gasteiger partial charge in [-0.15, -0.1) is 0 Å². The van der Waals surface area contributed by atoms with Crippen LogP contribution in [0.2, 0.25) is 0 Å². The van der Waals surface area contributed by atoms with E-state index in [1.165, 1.54) is 6.07 Å². The van der Waals surface area contributed by atoms with Crippen LogP contribution < -0.4 is 14.8 Å². The highest BCUT2D eigenvalue weighted by Crippen LogP contribution is 2.41. The maximum atomic E-state index is 13.7. The Hall–Kier alpha value is -2.56. The fraction of sp³-hybridized carbons (Fsp3) is 0.381. The van der Waals surface area contributed by atoms with Gasteiger partial charge in [0.15, 0.2) is 0 Å². The number of hydrogen-bond acceptors (Lipinski definition) is 3. The predicted molar refractivity (Wildman–Crippen MR) is 97.9 cm³/mol. The number of methoxy groups -OCH3 is 1. The van der Waals surface area contributed by atoms with Gasteiger partial charge in [0.1, 0.15) is 22.9 Å². The van der Waals surface area contributed by atoms with Gasteiger partial charge in [-0.05, 0) is 50.1 Å². The summed E-state index contributed by atoms with van der Waals surface area (Å²) in [7, 11) is 1.61. The van der Waals surface area contributed by atoms with Crippen LogP contribution in [0.25, 0.3) is 0 Å². The van der Waals surface area contributed by atoms with E-state index in [2.05, 4.69) is 5.32 Å². The molecule has 5 heteroatoms. The maximum Gasteiger partial charge on any atom is 0.220 e. The average molecular weight is 357 g/mol. The van der Waals surface area contributed by atoms with Crippen LogP contribution in [-0.4, -0.2) is 18.6 Å². The molecule has 0 aliphatic carbocycles. The van der Waals surface area contributed by atoms with Crippen LogP contribution in [0.4, 0.5) is 4.39 Å². The van der Waals surface area contributed by atoms with Crippen molar-refractivity contribution in [2.45, 2.75) is 44.8 Å². The number of halogens is 1. The largest absolute Gasteiger partial charge is 0.497 e. The molecule has 0 fully saturated rings. The molecule has 26 heavy (non-hydrogen) atoms. The molecule has 1 unspecified atom stereocenters. The Morgan fingerprint density at radius 3 is 2.81 bits per heavy atom. The van der Waals surface area contributed by atoms with E-state index in [0.717, 1.165) is 17.1 Å². The van der Waals surface area contributed by atoms with Crippen molar-refractivity contribution in [1.29, 1.82) is 0 Å². The molecule has 4 nitrogen and oxygen atoms in total. The van der Waals surface area contributed by atoms with Gasteiger partial charge in [-0.1, -0.05) is 18.2 Å². The molecule has 0 bridgehead atoms. The number of fused-ring (bicyclic) bond motifs is 1. The summed E-state index contributed by atoms with van der Waals surface area (Å²) < 4.78 is 25.0. The molecule has 2 aromatic carbocycles. The van der Waals surface area contributed by atoms with Crippen molar-refractivity contribution in [3.8, 4) is 11.5 Å². The SMILES string of the molecule is COc1ccc2c(c1)C(NC(=O)CCc1ccccc1F)CC(C)(C)O2. The van der Waals surface area contributed by atoms with Crippen molar-refractivity contribution in [3.05, 3.63) is 59.4 Å². The molecule has 0 aromatic heterocycles. The molecule has 0 spiro atoms. The van der Waals surface area contributed by atoms with Gasteiger partial charge in [-0.25, -0.2) is 4.39 Å². The van der Waals surface area contributed by atoms with Gasteiger partial charge in [-0.3, -0.25) is 4.79 Å². The van der Waals surface area contributed by atoms with Crippen LogP contribution in [0.15, 0.2) is 42.5 Å². The number of ether oxygens (including phenoxy) is 2. The van der Waals surface area contributed by atoms with Gasteiger partial charge >= 0.3 is 0 Å². The lowest BCUT2D eigenvalue weighted by Gasteiger charge is -2.38. The standard InChI is InChI=1S/C21H24FNO3/c1-21(2)13-18(16-12-15(25-3)9-10-19(16)26-21)23-20(24)11-8-14-6-4-5-7-17(14)22/h4-7,9-10,12,18H,8,11,13H2,1-3H3,(H,23,24). The lowest BCUT2D eigenvalue weighted by molar-refractivity contribution is -0.122. The highest BCUT2D eigenvalue weighted by atomic mass is 19.1. The minimum Gasteiger partial charge on any atom is -0.497 e. The molecule has 0 radical (unpaired) electrons. The normalized spacial score (nSPS) is 17.8. The van der Waals surface area contributed by atoms with Crippen molar-refractivity contribution in [2.75, 3.05) is 7.11 Å². The molecule has 1 heterocycles.